The van der Waals surface area contributed by atoms with Crippen LogP contribution in [0, 0.1) is 0 Å². The van der Waals surface area contributed by atoms with E-state index >= 15 is 0 Å². The highest BCUT2D eigenvalue weighted by molar-refractivity contribution is 8.00. The van der Waals surface area contributed by atoms with Crippen LogP contribution >= 0.6 is 11.8 Å². The highest BCUT2D eigenvalue weighted by Crippen LogP contribution is 2.27. The van der Waals surface area contributed by atoms with Crippen molar-refractivity contribution in [3.05, 3.63) is 23.8 Å². The van der Waals surface area contributed by atoms with Gasteiger partial charge in [-0.2, -0.15) is 16.1 Å². The molecule has 0 amide bonds. The molecular formula is C13H20N2O3S2. The monoisotopic (exact) mass is 316 g/mol. The Balaban J connectivity index is 2.34. The van der Waals surface area contributed by atoms with Crippen LogP contribution in [0.25, 0.3) is 0 Å². The van der Waals surface area contributed by atoms with Crippen molar-refractivity contribution in [1.82, 2.24) is 4.31 Å². The van der Waals surface area contributed by atoms with Gasteiger partial charge in [0.15, 0.2) is 0 Å². The van der Waals surface area contributed by atoms with Crippen molar-refractivity contribution in [2.75, 3.05) is 26.0 Å². The van der Waals surface area contributed by atoms with Gasteiger partial charge in [0.25, 0.3) is 0 Å². The molecule has 1 heterocycles. The van der Waals surface area contributed by atoms with Gasteiger partial charge in [0, 0.05) is 36.2 Å². The number of nitrogens with zero attached hydrogens (tertiary/aromatic N) is 1. The second-order valence-corrected chi connectivity index (χ2v) is 8.21. The van der Waals surface area contributed by atoms with Crippen LogP contribution in [0.5, 0.6) is 5.75 Å². The third-order valence-corrected chi connectivity index (χ3v) is 6.31. The third-order valence-electron chi connectivity index (χ3n) is 3.31. The summed E-state index contributed by atoms with van der Waals surface area (Å²) in [7, 11) is -1.90. The molecule has 1 aromatic carbocycles. The van der Waals surface area contributed by atoms with Crippen LogP contribution in [0.4, 0.5) is 0 Å². The lowest BCUT2D eigenvalue weighted by Gasteiger charge is -2.29. The van der Waals surface area contributed by atoms with E-state index in [-0.39, 0.29) is 11.4 Å². The van der Waals surface area contributed by atoms with Crippen LogP contribution < -0.4 is 10.5 Å². The van der Waals surface area contributed by atoms with Crippen molar-refractivity contribution in [3.8, 4) is 5.75 Å². The molecule has 1 aromatic rings. The van der Waals surface area contributed by atoms with E-state index in [0.29, 0.717) is 29.7 Å². The minimum Gasteiger partial charge on any atom is -0.496 e. The average molecular weight is 316 g/mol. The lowest BCUT2D eigenvalue weighted by Crippen LogP contribution is -2.40. The van der Waals surface area contributed by atoms with Crippen molar-refractivity contribution < 1.29 is 13.2 Å². The summed E-state index contributed by atoms with van der Waals surface area (Å²) in [5.41, 5.74) is 6.35. The van der Waals surface area contributed by atoms with Gasteiger partial charge in [0.1, 0.15) is 5.75 Å². The summed E-state index contributed by atoms with van der Waals surface area (Å²) >= 11 is 1.80. The van der Waals surface area contributed by atoms with Crippen molar-refractivity contribution in [2.24, 2.45) is 5.73 Å². The highest BCUT2D eigenvalue weighted by atomic mass is 32.2. The first kappa shape index (κ1) is 15.6. The molecule has 1 aliphatic heterocycles. The summed E-state index contributed by atoms with van der Waals surface area (Å²) < 4.78 is 32.0. The Labute approximate surface area is 124 Å². The van der Waals surface area contributed by atoms with Gasteiger partial charge in [-0.05, 0) is 18.2 Å². The zero-order valence-electron chi connectivity index (χ0n) is 11.7. The van der Waals surface area contributed by atoms with Gasteiger partial charge in [-0.1, -0.05) is 6.92 Å². The van der Waals surface area contributed by atoms with Crippen LogP contribution in [-0.2, 0) is 16.6 Å². The number of sulfonamides is 1. The molecule has 20 heavy (non-hydrogen) atoms. The van der Waals surface area contributed by atoms with Crippen LogP contribution in [-0.4, -0.2) is 43.9 Å². The third kappa shape index (κ3) is 3.11. The van der Waals surface area contributed by atoms with Crippen LogP contribution in [0.1, 0.15) is 12.5 Å². The zero-order valence-corrected chi connectivity index (χ0v) is 13.3. The van der Waals surface area contributed by atoms with Crippen LogP contribution in [0.2, 0.25) is 0 Å². The number of rotatable bonds is 4. The van der Waals surface area contributed by atoms with Crippen LogP contribution in [0.3, 0.4) is 0 Å². The van der Waals surface area contributed by atoms with Gasteiger partial charge >= 0.3 is 0 Å². The van der Waals surface area contributed by atoms with Gasteiger partial charge in [-0.25, -0.2) is 8.42 Å². The van der Waals surface area contributed by atoms with Crippen molar-refractivity contribution in [1.29, 1.82) is 0 Å². The Morgan fingerprint density at radius 2 is 2.25 bits per heavy atom. The fourth-order valence-corrected chi connectivity index (χ4v) is 5.03. The van der Waals surface area contributed by atoms with Crippen LogP contribution in [0.15, 0.2) is 23.1 Å². The van der Waals surface area contributed by atoms with E-state index in [4.69, 9.17) is 10.5 Å². The number of benzene rings is 1. The predicted octanol–water partition coefficient (Wildman–Crippen LogP) is 1.28. The lowest BCUT2D eigenvalue weighted by atomic mass is 10.2. The molecule has 1 unspecified atom stereocenters. The molecule has 0 aliphatic carbocycles. The number of hydrogen-bond acceptors (Lipinski definition) is 5. The van der Waals surface area contributed by atoms with E-state index in [9.17, 15) is 8.42 Å². The minimum atomic E-state index is -3.44. The van der Waals surface area contributed by atoms with Gasteiger partial charge in [0.2, 0.25) is 10.0 Å². The lowest BCUT2D eigenvalue weighted by molar-refractivity contribution is 0.408. The molecule has 1 saturated heterocycles. The molecule has 7 heteroatoms. The van der Waals surface area contributed by atoms with Gasteiger partial charge in [-0.15, -0.1) is 0 Å². The Morgan fingerprint density at radius 3 is 2.85 bits per heavy atom. The number of thioether (sulfide) groups is 1. The van der Waals surface area contributed by atoms with Crippen molar-refractivity contribution in [3.63, 3.8) is 0 Å². The minimum absolute atomic E-state index is 0.249. The Morgan fingerprint density at radius 1 is 1.50 bits per heavy atom. The average Bonchev–Trinajstić information content (AvgIpc) is 2.46. The Hall–Kier alpha value is -0.760. The molecule has 0 aromatic heterocycles. The number of hydrogen-bond donors (Lipinski definition) is 1. The fraction of sp³-hybridized carbons (Fsp3) is 0.538. The molecule has 1 atom stereocenters. The molecule has 0 bridgehead atoms. The first-order valence-corrected chi connectivity index (χ1v) is 8.96. The first-order valence-electron chi connectivity index (χ1n) is 6.47. The smallest absolute Gasteiger partial charge is 0.243 e. The van der Waals surface area contributed by atoms with Crippen molar-refractivity contribution >= 4 is 21.8 Å². The summed E-state index contributed by atoms with van der Waals surface area (Å²) in [5.74, 6) is 1.45. The maximum absolute atomic E-state index is 12.6. The topological polar surface area (TPSA) is 72.6 Å². The fourth-order valence-electron chi connectivity index (χ4n) is 2.23. The van der Waals surface area contributed by atoms with Gasteiger partial charge in [-0.3, -0.25) is 0 Å². The van der Waals surface area contributed by atoms with E-state index in [2.05, 4.69) is 0 Å². The van der Waals surface area contributed by atoms with E-state index < -0.39 is 10.0 Å². The van der Waals surface area contributed by atoms with Gasteiger partial charge < -0.3 is 10.5 Å². The maximum atomic E-state index is 12.6. The summed E-state index contributed by atoms with van der Waals surface area (Å²) in [6.07, 6.45) is 0. The normalized spacial score (nSPS) is 20.9. The van der Waals surface area contributed by atoms with E-state index in [1.54, 1.807) is 41.4 Å². The molecule has 1 fully saturated rings. The maximum Gasteiger partial charge on any atom is 0.243 e. The summed E-state index contributed by atoms with van der Waals surface area (Å²) in [6.45, 7) is 3.41. The Bertz CT molecular complexity index is 575. The highest BCUT2D eigenvalue weighted by Gasteiger charge is 2.29. The summed E-state index contributed by atoms with van der Waals surface area (Å²) in [4.78, 5) is 0.290. The predicted molar refractivity (Wildman–Crippen MR) is 81.6 cm³/mol. The molecule has 0 spiro atoms. The van der Waals surface area contributed by atoms with E-state index in [1.807, 2.05) is 6.92 Å². The quantitative estimate of drug-likeness (QED) is 0.906. The van der Waals surface area contributed by atoms with E-state index in [0.717, 1.165) is 5.75 Å². The number of ether oxygens (including phenoxy) is 1. The zero-order chi connectivity index (χ0) is 14.8. The molecule has 2 N–H and O–H groups in total. The molecule has 1 aliphatic rings. The molecule has 0 radical (unpaired) electrons. The molecular weight excluding hydrogens is 296 g/mol. The molecule has 0 saturated carbocycles. The molecule has 5 nitrogen and oxygen atoms in total. The first-order chi connectivity index (χ1) is 9.48. The standard InChI is InChI=1S/C13H20N2O3S2/c1-10-9-15(5-6-19-10)20(16,17)12-3-4-13(18-2)11(7-12)8-14/h3-4,7,10H,5-6,8-9,14H2,1-2H3. The van der Waals surface area contributed by atoms with Crippen molar-refractivity contribution in [2.45, 2.75) is 23.6 Å². The number of nitrogens with two attached hydrogens (primary N) is 1. The molecule has 112 valence electrons. The molecule has 2 rings (SSSR count). The number of methoxy groups -OCH3 is 1. The second-order valence-electron chi connectivity index (χ2n) is 4.72. The van der Waals surface area contributed by atoms with Gasteiger partial charge in [0.05, 0.1) is 12.0 Å². The summed E-state index contributed by atoms with van der Waals surface area (Å²) in [5, 5.41) is 0.325. The second kappa shape index (κ2) is 6.34. The summed E-state index contributed by atoms with van der Waals surface area (Å²) in [6, 6.07) is 4.86. The van der Waals surface area contributed by atoms with E-state index in [1.165, 1.54) is 0 Å². The Kier molecular flexibility index (Phi) is 4.95. The SMILES string of the molecule is COc1ccc(S(=O)(=O)N2CCSC(C)C2)cc1CN. The largest absolute Gasteiger partial charge is 0.496 e.